The Balaban J connectivity index is 1.80. The molecule has 1 saturated carbocycles. The van der Waals surface area contributed by atoms with Gasteiger partial charge in [-0.25, -0.2) is 4.98 Å². The molecule has 0 aliphatic heterocycles. The number of nitriles is 1. The number of pyridine rings is 1. The van der Waals surface area contributed by atoms with Crippen LogP contribution in [0.1, 0.15) is 47.3 Å². The Bertz CT molecular complexity index is 911. The van der Waals surface area contributed by atoms with Crippen LogP contribution < -0.4 is 11.1 Å². The number of nitrogens with one attached hydrogen (secondary N) is 1. The molecule has 1 aromatic carbocycles. The van der Waals surface area contributed by atoms with E-state index in [4.69, 9.17) is 11.0 Å². The van der Waals surface area contributed by atoms with Gasteiger partial charge in [0.1, 0.15) is 11.8 Å². The molecule has 1 aliphatic rings. The molecule has 3 rings (SSSR count). The zero-order chi connectivity index (χ0) is 20.0. The molecular formula is C21H23N5OS. The average molecular weight is 394 g/mol. The van der Waals surface area contributed by atoms with Crippen molar-refractivity contribution in [3.63, 3.8) is 0 Å². The summed E-state index contributed by atoms with van der Waals surface area (Å²) in [5.41, 5.74) is 8.46. The average Bonchev–Trinajstić information content (AvgIpc) is 3.22. The molecule has 7 heteroatoms. The molecule has 0 atom stereocenters. The fourth-order valence-corrected chi connectivity index (χ4v) is 3.79. The van der Waals surface area contributed by atoms with Crippen molar-refractivity contribution in [2.24, 2.45) is 10.7 Å². The maximum absolute atomic E-state index is 12.5. The number of hydrogen-bond acceptors (Lipinski definition) is 5. The fraction of sp³-hybridized carbons (Fsp3) is 0.333. The lowest BCUT2D eigenvalue weighted by atomic mass is 9.79. The number of anilines is 1. The van der Waals surface area contributed by atoms with Gasteiger partial charge in [0.2, 0.25) is 0 Å². The summed E-state index contributed by atoms with van der Waals surface area (Å²) in [5.74, 6) is -0.299. The summed E-state index contributed by atoms with van der Waals surface area (Å²) in [6.07, 6.45) is 7.78. The highest BCUT2D eigenvalue weighted by molar-refractivity contribution is 8.13. The number of nitrogens with zero attached hydrogens (tertiary/aromatic N) is 3. The second kappa shape index (κ2) is 8.89. The van der Waals surface area contributed by atoms with Crippen LogP contribution in [0.2, 0.25) is 0 Å². The highest BCUT2D eigenvalue weighted by Gasteiger charge is 2.35. The number of hydrogen-bond donors (Lipinski definition) is 2. The van der Waals surface area contributed by atoms with Gasteiger partial charge in [-0.3, -0.25) is 9.79 Å². The summed E-state index contributed by atoms with van der Waals surface area (Å²) in [5, 5.41) is 12.3. The molecule has 0 unspecified atom stereocenters. The lowest BCUT2D eigenvalue weighted by Gasteiger charge is -2.28. The minimum atomic E-state index is -0.299. The van der Waals surface area contributed by atoms with Gasteiger partial charge in [0.25, 0.3) is 5.91 Å². The van der Waals surface area contributed by atoms with Crippen LogP contribution in [-0.4, -0.2) is 28.9 Å². The number of carbonyl (C=O) groups excluding carboxylic acids is 1. The van der Waals surface area contributed by atoms with Gasteiger partial charge in [0.15, 0.2) is 5.17 Å². The summed E-state index contributed by atoms with van der Waals surface area (Å²) < 4.78 is 0. The first-order valence-corrected chi connectivity index (χ1v) is 10.4. The lowest BCUT2D eigenvalue weighted by molar-refractivity contribution is 0.102. The Labute approximate surface area is 169 Å². The van der Waals surface area contributed by atoms with Crippen LogP contribution in [0.5, 0.6) is 0 Å². The first-order chi connectivity index (χ1) is 13.6. The van der Waals surface area contributed by atoms with E-state index < -0.39 is 0 Å². The third-order valence-corrected chi connectivity index (χ3v) is 5.71. The van der Waals surface area contributed by atoms with E-state index in [1.54, 1.807) is 12.1 Å². The van der Waals surface area contributed by atoms with Crippen LogP contribution in [0.25, 0.3) is 0 Å². The van der Waals surface area contributed by atoms with Crippen LogP contribution in [0, 0.1) is 11.3 Å². The molecule has 1 aromatic heterocycles. The number of aromatic nitrogens is 1. The zero-order valence-corrected chi connectivity index (χ0v) is 16.6. The second-order valence-electron chi connectivity index (χ2n) is 6.92. The first-order valence-electron chi connectivity index (χ1n) is 9.18. The highest BCUT2D eigenvalue weighted by Crippen LogP contribution is 2.42. The highest BCUT2D eigenvalue weighted by atomic mass is 32.2. The molecular weight excluding hydrogens is 370 g/mol. The van der Waals surface area contributed by atoms with Crippen molar-refractivity contribution >= 4 is 28.5 Å². The molecule has 0 spiro atoms. The van der Waals surface area contributed by atoms with Crippen LogP contribution in [0.4, 0.5) is 5.69 Å². The normalized spacial score (nSPS) is 15.8. The van der Waals surface area contributed by atoms with Gasteiger partial charge in [0.05, 0.1) is 12.1 Å². The van der Waals surface area contributed by atoms with Gasteiger partial charge in [0, 0.05) is 17.3 Å². The van der Waals surface area contributed by atoms with Crippen LogP contribution in [0.15, 0.2) is 47.6 Å². The van der Waals surface area contributed by atoms with Crippen molar-refractivity contribution < 1.29 is 4.79 Å². The topological polar surface area (TPSA) is 104 Å². The Morgan fingerprint density at radius 2 is 2.14 bits per heavy atom. The molecule has 1 aliphatic carbocycles. The lowest BCUT2D eigenvalue weighted by Crippen LogP contribution is -2.27. The number of rotatable bonds is 5. The van der Waals surface area contributed by atoms with Crippen LogP contribution in [0.3, 0.4) is 0 Å². The summed E-state index contributed by atoms with van der Waals surface area (Å²) in [6, 6.07) is 13.1. The Kier molecular flexibility index (Phi) is 6.32. The zero-order valence-electron chi connectivity index (χ0n) is 15.8. The molecule has 0 bridgehead atoms. The van der Waals surface area contributed by atoms with Crippen molar-refractivity contribution in [3.8, 4) is 6.07 Å². The molecule has 144 valence electrons. The molecule has 1 amide bonds. The maximum Gasteiger partial charge on any atom is 0.274 e. The van der Waals surface area contributed by atoms with E-state index in [9.17, 15) is 4.79 Å². The quantitative estimate of drug-likeness (QED) is 0.595. The Morgan fingerprint density at radius 3 is 2.79 bits per heavy atom. The number of amides is 1. The number of amidine groups is 1. The number of thioether (sulfide) groups is 1. The minimum Gasteiger partial charge on any atom is -0.379 e. The predicted molar refractivity (Wildman–Crippen MR) is 113 cm³/mol. The number of benzene rings is 1. The van der Waals surface area contributed by atoms with E-state index in [-0.39, 0.29) is 17.0 Å². The van der Waals surface area contributed by atoms with E-state index in [2.05, 4.69) is 21.4 Å². The predicted octanol–water partition coefficient (Wildman–Crippen LogP) is 3.70. The van der Waals surface area contributed by atoms with E-state index >= 15 is 0 Å². The third-order valence-electron chi connectivity index (χ3n) is 5.17. The molecule has 6 nitrogen and oxygen atoms in total. The molecule has 28 heavy (non-hydrogen) atoms. The van der Waals surface area contributed by atoms with Crippen molar-refractivity contribution in [1.29, 1.82) is 5.26 Å². The summed E-state index contributed by atoms with van der Waals surface area (Å²) in [7, 11) is 0. The van der Waals surface area contributed by atoms with Gasteiger partial charge in [-0.1, -0.05) is 36.7 Å². The van der Waals surface area contributed by atoms with E-state index in [1.807, 2.05) is 30.5 Å². The van der Waals surface area contributed by atoms with E-state index in [0.29, 0.717) is 17.3 Å². The second-order valence-corrected chi connectivity index (χ2v) is 7.75. The van der Waals surface area contributed by atoms with E-state index in [0.717, 1.165) is 18.5 Å². The molecule has 3 N–H and O–H groups in total. The van der Waals surface area contributed by atoms with Gasteiger partial charge in [-0.2, -0.15) is 5.26 Å². The Hall–Kier alpha value is -2.85. The number of carbonyl (C=O) groups is 1. The third kappa shape index (κ3) is 4.52. The van der Waals surface area contributed by atoms with Crippen LogP contribution in [-0.2, 0) is 5.41 Å². The minimum absolute atomic E-state index is 0.0339. The molecule has 2 aromatic rings. The Morgan fingerprint density at radius 1 is 1.36 bits per heavy atom. The first kappa shape index (κ1) is 19.9. The number of nitrogens with two attached hydrogens (primary N) is 1. The summed E-state index contributed by atoms with van der Waals surface area (Å²) in [6.45, 7) is 0.661. The molecule has 0 radical (unpaired) electrons. The summed E-state index contributed by atoms with van der Waals surface area (Å²) >= 11 is 1.46. The largest absolute Gasteiger partial charge is 0.379 e. The maximum atomic E-state index is 12.5. The van der Waals surface area contributed by atoms with Gasteiger partial charge < -0.3 is 11.1 Å². The molecule has 1 fully saturated rings. The van der Waals surface area contributed by atoms with Crippen molar-refractivity contribution in [3.05, 3.63) is 59.4 Å². The van der Waals surface area contributed by atoms with Gasteiger partial charge >= 0.3 is 0 Å². The fourth-order valence-electron chi connectivity index (χ4n) is 3.60. The molecule has 0 saturated heterocycles. The standard InChI is InChI=1S/C21H23N5OS/c1-28-20(23)25-14-21(9-2-3-10-21)16-5-4-6-17(11-16)26-19(27)18-8-7-15(12-22)13-24-18/h4-8,11,13H,2-3,9-10,14H2,1H3,(H2,23,25)(H,26,27). The monoisotopic (exact) mass is 393 g/mol. The smallest absolute Gasteiger partial charge is 0.274 e. The van der Waals surface area contributed by atoms with Gasteiger partial charge in [-0.05, 0) is 48.9 Å². The van der Waals surface area contributed by atoms with Crippen molar-refractivity contribution in [1.82, 2.24) is 4.98 Å². The van der Waals surface area contributed by atoms with E-state index in [1.165, 1.54) is 36.4 Å². The SMILES string of the molecule is CS/C(N)=N\CC1(c2cccc(NC(=O)c3ccc(C#N)cn3)c2)CCCC1. The summed E-state index contributed by atoms with van der Waals surface area (Å²) in [4.78, 5) is 21.1. The van der Waals surface area contributed by atoms with Crippen LogP contribution >= 0.6 is 11.8 Å². The number of aliphatic imine (C=N–C) groups is 1. The van der Waals surface area contributed by atoms with Gasteiger partial charge in [-0.15, -0.1) is 0 Å². The molecule has 1 heterocycles. The van der Waals surface area contributed by atoms with Crippen molar-refractivity contribution in [2.75, 3.05) is 18.1 Å². The van der Waals surface area contributed by atoms with Crippen molar-refractivity contribution in [2.45, 2.75) is 31.1 Å².